The van der Waals surface area contributed by atoms with E-state index in [1.807, 2.05) is 0 Å². The highest BCUT2D eigenvalue weighted by molar-refractivity contribution is 6.60. The van der Waals surface area contributed by atoms with E-state index in [1.54, 1.807) is 0 Å². The van der Waals surface area contributed by atoms with Crippen LogP contribution in [0.4, 0.5) is 0 Å². The highest BCUT2D eigenvalue weighted by Gasteiger charge is 2.48. The van der Waals surface area contributed by atoms with E-state index in [9.17, 15) is 30.6 Å². The molecule has 0 saturated carbocycles. The second kappa shape index (κ2) is 27.3. The SMILES string of the molecule is CCCCCCCCCCCCCCCCCC[N+](C)(C)CCC[Si](OCC(N)(CO)CO)(OCC([NH3+])(CO)CO)OCC([NH3+])(CO)CO. The van der Waals surface area contributed by atoms with Gasteiger partial charge in [-0.05, 0) is 12.8 Å². The molecule has 0 aromatic carbocycles. The average molecular weight is 730 g/mol. The zero-order valence-electron chi connectivity index (χ0n) is 31.9. The van der Waals surface area contributed by atoms with Gasteiger partial charge < -0.3 is 65.6 Å². The van der Waals surface area contributed by atoms with Gasteiger partial charge in [-0.25, -0.2) is 0 Å². The molecule has 0 bridgehead atoms. The third-order valence-corrected chi connectivity index (χ3v) is 12.3. The first-order chi connectivity index (χ1) is 23.3. The van der Waals surface area contributed by atoms with Crippen molar-refractivity contribution in [3.8, 4) is 0 Å². The second-order valence-corrected chi connectivity index (χ2v) is 18.4. The number of aliphatic hydroxyl groups is 6. The Hall–Kier alpha value is -0.303. The number of quaternary nitrogens is 3. The Morgan fingerprint density at radius 3 is 1.18 bits per heavy atom. The maximum absolute atomic E-state index is 9.84. The molecule has 0 heterocycles. The van der Waals surface area contributed by atoms with Crippen molar-refractivity contribution >= 4 is 8.80 Å². The summed E-state index contributed by atoms with van der Waals surface area (Å²) in [5.41, 5.74) is 9.99. The molecule has 13 nitrogen and oxygen atoms in total. The molecule has 14 N–H and O–H groups in total. The van der Waals surface area contributed by atoms with Crippen LogP contribution in [0.3, 0.4) is 0 Å². The van der Waals surface area contributed by atoms with Crippen molar-refractivity contribution in [1.29, 1.82) is 0 Å². The van der Waals surface area contributed by atoms with Crippen LogP contribution in [0.5, 0.6) is 0 Å². The van der Waals surface area contributed by atoms with Gasteiger partial charge >= 0.3 is 8.80 Å². The largest absolute Gasteiger partial charge is 0.501 e. The molecule has 0 radical (unpaired) electrons. The number of nitrogens with zero attached hydrogens (tertiary/aromatic N) is 1. The highest BCUT2D eigenvalue weighted by atomic mass is 28.4. The van der Waals surface area contributed by atoms with Gasteiger partial charge in [0, 0.05) is 12.5 Å². The lowest BCUT2D eigenvalue weighted by atomic mass is 10.0. The van der Waals surface area contributed by atoms with Gasteiger partial charge in [-0.15, -0.1) is 0 Å². The predicted octanol–water partition coefficient (Wildman–Crippen LogP) is 0.316. The van der Waals surface area contributed by atoms with Crippen molar-refractivity contribution in [3.05, 3.63) is 0 Å². The van der Waals surface area contributed by atoms with E-state index in [2.05, 4.69) is 32.5 Å². The summed E-state index contributed by atoms with van der Waals surface area (Å²) in [5.74, 6) is 0. The van der Waals surface area contributed by atoms with Crippen LogP contribution in [0.25, 0.3) is 0 Å². The van der Waals surface area contributed by atoms with Gasteiger partial charge in [0.05, 0.1) is 65.8 Å². The van der Waals surface area contributed by atoms with Crippen LogP contribution >= 0.6 is 0 Å². The molecule has 0 fully saturated rings. The standard InChI is InChI=1S/C35H79N4O9Si/c1-4-5-6-7-8-9-10-11-12-13-14-15-16-17-18-19-21-39(2,3)22-20-23-49(46-30-33(36,24-40)25-41,47-31-34(37,26-42)27-43)48-32-35(38,28-44)29-45/h40-45H,4-32,36-38H2,1-3H3/q+1/p+2. The van der Waals surface area contributed by atoms with E-state index < -0.39 is 65.1 Å². The summed E-state index contributed by atoms with van der Waals surface area (Å²) in [5, 5.41) is 58.9. The third-order valence-electron chi connectivity index (χ3n) is 9.61. The van der Waals surface area contributed by atoms with Gasteiger partial charge in [0.1, 0.15) is 26.4 Å². The number of aliphatic hydroxyl groups excluding tert-OH is 6. The zero-order valence-corrected chi connectivity index (χ0v) is 32.9. The molecule has 0 saturated heterocycles. The molecule has 0 aliphatic heterocycles. The van der Waals surface area contributed by atoms with Crippen molar-refractivity contribution < 1.29 is 59.9 Å². The predicted molar refractivity (Wildman–Crippen MR) is 195 cm³/mol. The van der Waals surface area contributed by atoms with Crippen LogP contribution in [0.1, 0.15) is 116 Å². The molecule has 0 aromatic heterocycles. The number of unbranched alkanes of at least 4 members (excludes halogenated alkanes) is 15. The molecule has 0 atom stereocenters. The fraction of sp³-hybridized carbons (Fsp3) is 1.00. The van der Waals surface area contributed by atoms with Gasteiger partial charge in [0.25, 0.3) is 0 Å². The third kappa shape index (κ3) is 23.1. The molecule has 0 aliphatic carbocycles. The van der Waals surface area contributed by atoms with E-state index in [1.165, 1.54) is 96.3 Å². The number of rotatable bonds is 36. The Balaban J connectivity index is 4.95. The van der Waals surface area contributed by atoms with Crippen LogP contribution < -0.4 is 17.2 Å². The summed E-state index contributed by atoms with van der Waals surface area (Å²) in [7, 11) is 0.646. The second-order valence-electron chi connectivity index (χ2n) is 15.6. The quantitative estimate of drug-likeness (QED) is 0.0244. The van der Waals surface area contributed by atoms with Crippen LogP contribution in [-0.4, -0.2) is 147 Å². The highest BCUT2D eigenvalue weighted by Crippen LogP contribution is 2.24. The molecule has 0 unspecified atom stereocenters. The number of nitrogens with two attached hydrogens (primary N) is 1. The first-order valence-corrected chi connectivity index (χ1v) is 21.1. The van der Waals surface area contributed by atoms with Crippen molar-refractivity contribution in [2.45, 2.75) is 139 Å². The normalized spacial score (nSPS) is 13.5. The van der Waals surface area contributed by atoms with Gasteiger partial charge in [-0.1, -0.05) is 96.8 Å². The Bertz CT molecular complexity index is 718. The van der Waals surface area contributed by atoms with Gasteiger partial charge in [0.2, 0.25) is 0 Å². The van der Waals surface area contributed by atoms with Crippen LogP contribution in [0.15, 0.2) is 0 Å². The average Bonchev–Trinajstić information content (AvgIpc) is 3.11. The lowest BCUT2D eigenvalue weighted by molar-refractivity contribution is -0.890. The first kappa shape index (κ1) is 48.7. The fourth-order valence-electron chi connectivity index (χ4n) is 5.47. The van der Waals surface area contributed by atoms with Crippen molar-refractivity contribution in [2.75, 3.05) is 86.6 Å². The molecule has 296 valence electrons. The van der Waals surface area contributed by atoms with E-state index >= 15 is 0 Å². The van der Waals surface area contributed by atoms with Crippen molar-refractivity contribution in [1.82, 2.24) is 0 Å². The molecule has 0 aromatic rings. The number of hydrogen-bond donors (Lipinski definition) is 9. The maximum Gasteiger partial charge on any atom is 0.501 e. The van der Waals surface area contributed by atoms with E-state index in [0.717, 1.165) is 24.0 Å². The summed E-state index contributed by atoms with van der Waals surface area (Å²) < 4.78 is 19.5. The molecule has 14 heteroatoms. The van der Waals surface area contributed by atoms with E-state index in [-0.39, 0.29) is 19.8 Å². The molecule has 0 spiro atoms. The van der Waals surface area contributed by atoms with E-state index in [4.69, 9.17) is 19.0 Å². The molecule has 49 heavy (non-hydrogen) atoms. The summed E-state index contributed by atoms with van der Waals surface area (Å²) >= 11 is 0. The molecule has 0 aliphatic rings. The molecular weight excluding hydrogens is 648 g/mol. The Morgan fingerprint density at radius 1 is 0.510 bits per heavy atom. The molecule has 0 amide bonds. The lowest BCUT2D eigenvalue weighted by Gasteiger charge is -2.37. The van der Waals surface area contributed by atoms with Crippen LogP contribution in [-0.2, 0) is 13.3 Å². The van der Waals surface area contributed by atoms with Crippen molar-refractivity contribution in [3.63, 3.8) is 0 Å². The van der Waals surface area contributed by atoms with Gasteiger partial charge in [-0.3, -0.25) is 0 Å². The van der Waals surface area contributed by atoms with Crippen LogP contribution in [0.2, 0.25) is 6.04 Å². The Labute approximate surface area is 299 Å². The smallest absolute Gasteiger partial charge is 0.394 e. The first-order valence-electron chi connectivity index (χ1n) is 19.1. The zero-order chi connectivity index (χ0) is 37.1. The molecular formula is C35H81N4O9Si+3. The summed E-state index contributed by atoms with van der Waals surface area (Å²) in [4.78, 5) is 0. The maximum atomic E-state index is 9.84. The Morgan fingerprint density at radius 2 is 0.837 bits per heavy atom. The summed E-state index contributed by atoms with van der Waals surface area (Å²) in [6, 6.07) is 0.320. The van der Waals surface area contributed by atoms with Crippen molar-refractivity contribution in [2.24, 2.45) is 5.73 Å². The lowest BCUT2D eigenvalue weighted by Crippen LogP contribution is -2.80. The van der Waals surface area contributed by atoms with Gasteiger partial charge in [0.15, 0.2) is 11.1 Å². The van der Waals surface area contributed by atoms with Gasteiger partial charge in [-0.2, -0.15) is 0 Å². The van der Waals surface area contributed by atoms with E-state index in [0.29, 0.717) is 12.5 Å². The topological polar surface area (TPSA) is 230 Å². The summed E-state index contributed by atoms with van der Waals surface area (Å²) in [6.07, 6.45) is 22.0. The monoisotopic (exact) mass is 730 g/mol. The molecule has 0 rings (SSSR count). The number of hydrogen-bond acceptors (Lipinski definition) is 10. The minimum Gasteiger partial charge on any atom is -0.394 e. The summed E-state index contributed by atoms with van der Waals surface area (Å²) in [6.45, 7) is 0.536. The Kier molecular flexibility index (Phi) is 27.2. The minimum atomic E-state index is -3.74. The minimum absolute atomic E-state index is 0.193. The van der Waals surface area contributed by atoms with Crippen LogP contribution in [0, 0.1) is 0 Å². The fourth-order valence-corrected chi connectivity index (χ4v) is 8.30.